The number of amides is 1. The third-order valence-electron chi connectivity index (χ3n) is 3.99. The topological polar surface area (TPSA) is 50.7 Å². The van der Waals surface area contributed by atoms with Gasteiger partial charge in [-0.3, -0.25) is 9.79 Å². The lowest BCUT2D eigenvalue weighted by Gasteiger charge is -2.13. The van der Waals surface area contributed by atoms with Gasteiger partial charge in [-0.25, -0.2) is 0 Å². The van der Waals surface area contributed by atoms with Crippen LogP contribution in [0.3, 0.4) is 0 Å². The van der Waals surface area contributed by atoms with Crippen LogP contribution in [0.15, 0.2) is 59.6 Å². The van der Waals surface area contributed by atoms with E-state index in [1.54, 1.807) is 0 Å². The molecule has 25 heavy (non-hydrogen) atoms. The Morgan fingerprint density at radius 2 is 1.84 bits per heavy atom. The summed E-state index contributed by atoms with van der Waals surface area (Å²) in [5, 5.41) is 2.79. The monoisotopic (exact) mass is 334 g/mol. The van der Waals surface area contributed by atoms with Crippen molar-refractivity contribution in [2.75, 3.05) is 0 Å². The van der Waals surface area contributed by atoms with E-state index in [-0.39, 0.29) is 5.91 Å². The van der Waals surface area contributed by atoms with E-state index in [2.05, 4.69) is 16.4 Å². The zero-order valence-corrected chi connectivity index (χ0v) is 14.4. The molecule has 1 heterocycles. The second-order valence-corrected chi connectivity index (χ2v) is 5.99. The molecule has 0 spiro atoms. The molecule has 4 nitrogen and oxygen atoms in total. The van der Waals surface area contributed by atoms with E-state index in [0.29, 0.717) is 13.2 Å². The molecule has 0 aromatic heterocycles. The van der Waals surface area contributed by atoms with Gasteiger partial charge in [-0.1, -0.05) is 42.5 Å². The molecule has 1 aliphatic heterocycles. The smallest absolute Gasteiger partial charge is 0.217 e. The first-order valence-electron chi connectivity index (χ1n) is 8.49. The van der Waals surface area contributed by atoms with Gasteiger partial charge in [0.05, 0.1) is 5.70 Å². The highest BCUT2D eigenvalue weighted by Crippen LogP contribution is 2.29. The van der Waals surface area contributed by atoms with Gasteiger partial charge in [-0.2, -0.15) is 0 Å². The molecule has 0 aliphatic carbocycles. The number of para-hydroxylation sites is 1. The third-order valence-corrected chi connectivity index (χ3v) is 3.99. The second kappa shape index (κ2) is 8.29. The Labute approximate surface area is 148 Å². The highest BCUT2D eigenvalue weighted by Gasteiger charge is 2.09. The fraction of sp³-hybridized carbons (Fsp3) is 0.238. The number of ether oxygens (including phenoxy) is 1. The summed E-state index contributed by atoms with van der Waals surface area (Å²) in [5.41, 5.74) is 4.16. The summed E-state index contributed by atoms with van der Waals surface area (Å²) in [4.78, 5) is 15.4. The molecule has 0 bridgehead atoms. The van der Waals surface area contributed by atoms with Gasteiger partial charge in [-0.05, 0) is 36.1 Å². The van der Waals surface area contributed by atoms with E-state index in [1.165, 1.54) is 6.92 Å². The Morgan fingerprint density at radius 3 is 2.56 bits per heavy atom. The quantitative estimate of drug-likeness (QED) is 0.864. The first-order chi connectivity index (χ1) is 12.2. The average molecular weight is 334 g/mol. The number of benzene rings is 2. The molecule has 0 saturated carbocycles. The van der Waals surface area contributed by atoms with E-state index in [4.69, 9.17) is 4.74 Å². The minimum atomic E-state index is -0.0244. The second-order valence-electron chi connectivity index (χ2n) is 5.99. The van der Waals surface area contributed by atoms with Crippen LogP contribution in [-0.4, -0.2) is 12.1 Å². The number of nitrogens with one attached hydrogen (secondary N) is 1. The Morgan fingerprint density at radius 1 is 1.08 bits per heavy atom. The SMILES string of the molecule is CC(=O)NCc1ccc(COc2ccccc2C2=CCCC=N2)cc1. The van der Waals surface area contributed by atoms with Crippen molar-refractivity contribution in [3.8, 4) is 5.75 Å². The van der Waals surface area contributed by atoms with Gasteiger partial charge in [0.25, 0.3) is 0 Å². The molecule has 2 aromatic rings. The average Bonchev–Trinajstić information content (AvgIpc) is 2.66. The number of aliphatic imine (C=N–C) groups is 1. The molecule has 2 aromatic carbocycles. The maximum Gasteiger partial charge on any atom is 0.217 e. The van der Waals surface area contributed by atoms with Gasteiger partial charge < -0.3 is 10.1 Å². The van der Waals surface area contributed by atoms with Crippen molar-refractivity contribution >= 4 is 17.8 Å². The van der Waals surface area contributed by atoms with Crippen LogP contribution in [0.2, 0.25) is 0 Å². The van der Waals surface area contributed by atoms with Gasteiger partial charge in [0.1, 0.15) is 12.4 Å². The van der Waals surface area contributed by atoms with Crippen LogP contribution in [0.5, 0.6) is 5.75 Å². The van der Waals surface area contributed by atoms with Crippen LogP contribution >= 0.6 is 0 Å². The highest BCUT2D eigenvalue weighted by atomic mass is 16.5. The van der Waals surface area contributed by atoms with E-state index in [0.717, 1.165) is 41.0 Å². The number of carbonyl (C=O) groups is 1. The molecule has 128 valence electrons. The summed E-state index contributed by atoms with van der Waals surface area (Å²) in [7, 11) is 0. The van der Waals surface area contributed by atoms with Crippen LogP contribution < -0.4 is 10.1 Å². The van der Waals surface area contributed by atoms with Crippen molar-refractivity contribution in [2.45, 2.75) is 32.9 Å². The molecule has 0 atom stereocenters. The molecule has 3 rings (SSSR count). The van der Waals surface area contributed by atoms with Gasteiger partial charge in [0.2, 0.25) is 5.91 Å². The van der Waals surface area contributed by atoms with Crippen LogP contribution in [0.4, 0.5) is 0 Å². The largest absolute Gasteiger partial charge is 0.488 e. The number of carbonyl (C=O) groups excluding carboxylic acids is 1. The summed E-state index contributed by atoms with van der Waals surface area (Å²) in [5.74, 6) is 0.818. The lowest BCUT2D eigenvalue weighted by Crippen LogP contribution is -2.18. The first-order valence-corrected chi connectivity index (χ1v) is 8.49. The van der Waals surface area contributed by atoms with E-state index in [9.17, 15) is 4.79 Å². The zero-order chi connectivity index (χ0) is 17.5. The Balaban J connectivity index is 1.65. The molecule has 1 aliphatic rings. The molecule has 0 unspecified atom stereocenters. The van der Waals surface area contributed by atoms with Crippen molar-refractivity contribution in [3.05, 3.63) is 71.3 Å². The standard InChI is InChI=1S/C21H22N2O2/c1-16(24)23-14-17-9-11-18(12-10-17)15-25-21-8-3-2-6-19(21)20-7-4-5-13-22-20/h2-3,6-13H,4-5,14-15H2,1H3,(H,23,24). The predicted molar refractivity (Wildman–Crippen MR) is 100 cm³/mol. The molecule has 0 radical (unpaired) electrons. The van der Waals surface area contributed by atoms with Gasteiger partial charge in [-0.15, -0.1) is 0 Å². The van der Waals surface area contributed by atoms with Crippen molar-refractivity contribution in [1.82, 2.24) is 5.32 Å². The van der Waals surface area contributed by atoms with Crippen LogP contribution in [0, 0.1) is 0 Å². The molecular formula is C21H22N2O2. The Kier molecular flexibility index (Phi) is 5.62. The molecule has 0 fully saturated rings. The first kappa shape index (κ1) is 17.0. The molecule has 1 N–H and O–H groups in total. The van der Waals surface area contributed by atoms with E-state index in [1.807, 2.05) is 54.7 Å². The normalized spacial score (nSPS) is 13.2. The van der Waals surface area contributed by atoms with E-state index >= 15 is 0 Å². The molecular weight excluding hydrogens is 312 g/mol. The van der Waals surface area contributed by atoms with Crippen molar-refractivity contribution < 1.29 is 9.53 Å². The third kappa shape index (κ3) is 4.80. The summed E-state index contributed by atoms with van der Waals surface area (Å²) < 4.78 is 6.03. The molecule has 4 heteroatoms. The maximum absolute atomic E-state index is 11.0. The lowest BCUT2D eigenvalue weighted by molar-refractivity contribution is -0.119. The highest BCUT2D eigenvalue weighted by molar-refractivity contribution is 5.78. The van der Waals surface area contributed by atoms with Gasteiger partial charge >= 0.3 is 0 Å². The van der Waals surface area contributed by atoms with Crippen LogP contribution in [0.1, 0.15) is 36.5 Å². The molecule has 0 saturated heterocycles. The zero-order valence-electron chi connectivity index (χ0n) is 14.4. The summed E-state index contributed by atoms with van der Waals surface area (Å²) in [6.45, 7) is 2.56. The van der Waals surface area contributed by atoms with Crippen molar-refractivity contribution in [2.24, 2.45) is 4.99 Å². The maximum atomic E-state index is 11.0. The van der Waals surface area contributed by atoms with E-state index < -0.39 is 0 Å². The summed E-state index contributed by atoms with van der Waals surface area (Å²) in [6.07, 6.45) is 6.12. The number of hydrogen-bond acceptors (Lipinski definition) is 3. The van der Waals surface area contributed by atoms with Gasteiger partial charge in [0.15, 0.2) is 0 Å². The van der Waals surface area contributed by atoms with Crippen LogP contribution in [-0.2, 0) is 17.9 Å². The Hall–Kier alpha value is -2.88. The van der Waals surface area contributed by atoms with Crippen LogP contribution in [0.25, 0.3) is 5.70 Å². The fourth-order valence-electron chi connectivity index (χ4n) is 2.63. The predicted octanol–water partition coefficient (Wildman–Crippen LogP) is 4.11. The van der Waals surface area contributed by atoms with Crippen molar-refractivity contribution in [3.63, 3.8) is 0 Å². The fourth-order valence-corrected chi connectivity index (χ4v) is 2.63. The Bertz CT molecular complexity index is 792. The number of nitrogens with zero attached hydrogens (tertiary/aromatic N) is 1. The minimum absolute atomic E-state index is 0.0244. The van der Waals surface area contributed by atoms with Gasteiger partial charge in [0, 0.05) is 25.2 Å². The number of hydrogen-bond donors (Lipinski definition) is 1. The van der Waals surface area contributed by atoms with Crippen molar-refractivity contribution in [1.29, 1.82) is 0 Å². The summed E-state index contributed by atoms with van der Waals surface area (Å²) >= 11 is 0. The molecule has 1 amide bonds. The summed E-state index contributed by atoms with van der Waals surface area (Å²) in [6, 6.07) is 16.1. The number of rotatable bonds is 6. The lowest BCUT2D eigenvalue weighted by atomic mass is 10.1. The minimum Gasteiger partial charge on any atom is -0.488 e. The number of allylic oxidation sites excluding steroid dienone is 1.